The predicted octanol–water partition coefficient (Wildman–Crippen LogP) is 2.70. The van der Waals surface area contributed by atoms with Crippen LogP contribution >= 0.6 is 11.8 Å². The lowest BCUT2D eigenvalue weighted by Crippen LogP contribution is -1.98. The summed E-state index contributed by atoms with van der Waals surface area (Å²) in [6.07, 6.45) is 1.83. The lowest BCUT2D eigenvalue weighted by atomic mass is 10.3. The van der Waals surface area contributed by atoms with E-state index >= 15 is 0 Å². The maximum Gasteiger partial charge on any atom is 0.132 e. The number of nitrogens with zero attached hydrogens (tertiary/aromatic N) is 1. The average molecular weight is 246 g/mol. The first-order chi connectivity index (χ1) is 8.33. The molecule has 1 heterocycles. The van der Waals surface area contributed by atoms with Gasteiger partial charge in [-0.3, -0.25) is 4.98 Å². The van der Waals surface area contributed by atoms with Crippen LogP contribution < -0.4 is 10.5 Å². The number of rotatable bonds is 4. The number of hydrogen-bond acceptors (Lipinski definition) is 4. The lowest BCUT2D eigenvalue weighted by Gasteiger charge is -2.07. The Labute approximate surface area is 105 Å². The van der Waals surface area contributed by atoms with E-state index in [-0.39, 0.29) is 0 Å². The molecule has 1 aromatic heterocycles. The monoisotopic (exact) mass is 246 g/mol. The van der Waals surface area contributed by atoms with Gasteiger partial charge in [0.2, 0.25) is 0 Å². The maximum absolute atomic E-state index is 5.51. The first-order valence-electron chi connectivity index (χ1n) is 5.29. The molecular weight excluding hydrogens is 232 g/mol. The molecule has 0 aliphatic carbocycles. The van der Waals surface area contributed by atoms with Crippen LogP contribution in [0.3, 0.4) is 0 Å². The van der Waals surface area contributed by atoms with E-state index < -0.39 is 0 Å². The number of ether oxygens (including phenoxy) is 1. The Morgan fingerprint density at radius 2 is 2.06 bits per heavy atom. The first-order valence-corrected chi connectivity index (χ1v) is 6.11. The van der Waals surface area contributed by atoms with Crippen molar-refractivity contribution in [2.24, 2.45) is 5.73 Å². The summed E-state index contributed by atoms with van der Waals surface area (Å²) in [6.45, 7) is 0.472. The number of nitrogens with two attached hydrogens (primary N) is 1. The molecule has 1 aromatic carbocycles. The van der Waals surface area contributed by atoms with Crippen LogP contribution in [-0.2, 0) is 6.54 Å². The van der Waals surface area contributed by atoms with Gasteiger partial charge in [-0.25, -0.2) is 0 Å². The van der Waals surface area contributed by atoms with Gasteiger partial charge in [0.25, 0.3) is 0 Å². The average Bonchev–Trinajstić information content (AvgIpc) is 2.40. The van der Waals surface area contributed by atoms with Crippen LogP contribution in [0.25, 0.3) is 0 Å². The van der Waals surface area contributed by atoms with Crippen molar-refractivity contribution in [2.75, 3.05) is 7.11 Å². The third kappa shape index (κ3) is 2.99. The molecule has 0 aliphatic heterocycles. The summed E-state index contributed by atoms with van der Waals surface area (Å²) in [6, 6.07) is 11.9. The Hall–Kier alpha value is -1.52. The van der Waals surface area contributed by atoms with E-state index in [9.17, 15) is 0 Å². The van der Waals surface area contributed by atoms with Crippen molar-refractivity contribution in [3.8, 4) is 5.75 Å². The highest BCUT2D eigenvalue weighted by molar-refractivity contribution is 7.99. The molecule has 4 heteroatoms. The van der Waals surface area contributed by atoms with Crippen molar-refractivity contribution in [1.29, 1.82) is 0 Å². The zero-order chi connectivity index (χ0) is 12.1. The van der Waals surface area contributed by atoms with E-state index in [0.717, 1.165) is 21.2 Å². The van der Waals surface area contributed by atoms with Crippen molar-refractivity contribution in [1.82, 2.24) is 4.98 Å². The Kier molecular flexibility index (Phi) is 4.01. The standard InChI is InChI=1S/C13H14N2OS/c1-16-12-4-2-3-5-13(12)17-11-7-6-10(8-14)15-9-11/h2-7,9H,8,14H2,1H3. The second kappa shape index (κ2) is 5.70. The zero-order valence-electron chi connectivity index (χ0n) is 9.59. The van der Waals surface area contributed by atoms with Crippen molar-refractivity contribution in [3.63, 3.8) is 0 Å². The molecule has 88 valence electrons. The summed E-state index contributed by atoms with van der Waals surface area (Å²) in [7, 11) is 1.68. The third-order valence-electron chi connectivity index (χ3n) is 2.30. The fourth-order valence-corrected chi connectivity index (χ4v) is 2.32. The van der Waals surface area contributed by atoms with E-state index in [1.165, 1.54) is 0 Å². The van der Waals surface area contributed by atoms with Crippen LogP contribution in [-0.4, -0.2) is 12.1 Å². The second-order valence-electron chi connectivity index (χ2n) is 3.44. The molecule has 17 heavy (non-hydrogen) atoms. The van der Waals surface area contributed by atoms with Crippen molar-refractivity contribution in [2.45, 2.75) is 16.3 Å². The quantitative estimate of drug-likeness (QED) is 0.901. The number of methoxy groups -OCH3 is 1. The molecule has 3 nitrogen and oxygen atoms in total. The lowest BCUT2D eigenvalue weighted by molar-refractivity contribution is 0.405. The van der Waals surface area contributed by atoms with Crippen molar-refractivity contribution < 1.29 is 4.74 Å². The Bertz CT molecular complexity index is 485. The molecule has 0 saturated heterocycles. The zero-order valence-corrected chi connectivity index (χ0v) is 10.4. The number of para-hydroxylation sites is 1. The number of hydrogen-bond donors (Lipinski definition) is 1. The molecule has 2 N–H and O–H groups in total. The molecule has 2 rings (SSSR count). The van der Waals surface area contributed by atoms with Crippen LogP contribution in [0.1, 0.15) is 5.69 Å². The molecule has 0 bridgehead atoms. The fraction of sp³-hybridized carbons (Fsp3) is 0.154. The Balaban J connectivity index is 2.19. The second-order valence-corrected chi connectivity index (χ2v) is 4.56. The third-order valence-corrected chi connectivity index (χ3v) is 3.34. The van der Waals surface area contributed by atoms with Crippen molar-refractivity contribution >= 4 is 11.8 Å². The Morgan fingerprint density at radius 3 is 2.71 bits per heavy atom. The molecule has 0 atom stereocenters. The van der Waals surface area contributed by atoms with Gasteiger partial charge in [0, 0.05) is 17.6 Å². The molecule has 2 aromatic rings. The normalized spacial score (nSPS) is 10.2. The van der Waals surface area contributed by atoms with Crippen LogP contribution in [0.4, 0.5) is 0 Å². The van der Waals surface area contributed by atoms with Crippen molar-refractivity contribution in [3.05, 3.63) is 48.3 Å². The highest BCUT2D eigenvalue weighted by Gasteiger charge is 2.04. The van der Waals surface area contributed by atoms with Gasteiger partial charge in [-0.15, -0.1) is 0 Å². The number of benzene rings is 1. The SMILES string of the molecule is COc1ccccc1Sc1ccc(CN)nc1. The fourth-order valence-electron chi connectivity index (χ4n) is 1.42. The molecular formula is C13H14N2OS. The number of pyridine rings is 1. The summed E-state index contributed by atoms with van der Waals surface area (Å²) in [5.41, 5.74) is 6.41. The highest BCUT2D eigenvalue weighted by Crippen LogP contribution is 2.34. The molecule has 0 fully saturated rings. The minimum absolute atomic E-state index is 0.472. The van der Waals surface area contributed by atoms with Gasteiger partial charge in [-0.1, -0.05) is 23.9 Å². The van der Waals surface area contributed by atoms with Crippen LogP contribution in [0.5, 0.6) is 5.75 Å². The highest BCUT2D eigenvalue weighted by atomic mass is 32.2. The summed E-state index contributed by atoms with van der Waals surface area (Å²) in [5.74, 6) is 0.875. The topological polar surface area (TPSA) is 48.1 Å². The van der Waals surface area contributed by atoms with E-state index in [1.807, 2.05) is 42.6 Å². The van der Waals surface area contributed by atoms with Gasteiger partial charge in [0.1, 0.15) is 5.75 Å². The summed E-state index contributed by atoms with van der Waals surface area (Å²) < 4.78 is 5.30. The van der Waals surface area contributed by atoms with Crippen LogP contribution in [0.2, 0.25) is 0 Å². The Morgan fingerprint density at radius 1 is 1.24 bits per heavy atom. The minimum atomic E-state index is 0.472. The minimum Gasteiger partial charge on any atom is -0.496 e. The first kappa shape index (κ1) is 12.0. The van der Waals surface area contributed by atoms with E-state index in [4.69, 9.17) is 10.5 Å². The van der Waals surface area contributed by atoms with Crippen LogP contribution in [0.15, 0.2) is 52.4 Å². The van der Waals surface area contributed by atoms with Gasteiger partial charge in [0.15, 0.2) is 0 Å². The summed E-state index contributed by atoms with van der Waals surface area (Å²) >= 11 is 1.63. The maximum atomic E-state index is 5.51. The predicted molar refractivity (Wildman–Crippen MR) is 69.2 cm³/mol. The van der Waals surface area contributed by atoms with E-state index in [2.05, 4.69) is 4.98 Å². The van der Waals surface area contributed by atoms with Gasteiger partial charge in [0.05, 0.1) is 17.7 Å². The van der Waals surface area contributed by atoms with Crippen LogP contribution in [0, 0.1) is 0 Å². The summed E-state index contributed by atoms with van der Waals surface area (Å²) in [5, 5.41) is 0. The van der Waals surface area contributed by atoms with Gasteiger partial charge < -0.3 is 10.5 Å². The molecule has 0 aliphatic rings. The van der Waals surface area contributed by atoms with E-state index in [1.54, 1.807) is 18.9 Å². The molecule has 0 amide bonds. The molecule has 0 spiro atoms. The van der Waals surface area contributed by atoms with Gasteiger partial charge in [-0.2, -0.15) is 0 Å². The molecule has 0 radical (unpaired) electrons. The summed E-state index contributed by atoms with van der Waals surface area (Å²) in [4.78, 5) is 6.42. The molecule has 0 unspecified atom stereocenters. The van der Waals surface area contributed by atoms with E-state index in [0.29, 0.717) is 6.54 Å². The molecule has 0 saturated carbocycles. The van der Waals surface area contributed by atoms with Gasteiger partial charge >= 0.3 is 0 Å². The smallest absolute Gasteiger partial charge is 0.132 e. The number of aromatic nitrogens is 1. The largest absolute Gasteiger partial charge is 0.496 e. The van der Waals surface area contributed by atoms with Gasteiger partial charge in [-0.05, 0) is 24.3 Å².